The number of nitrogens with two attached hydrogens (primary N) is 1. The van der Waals surface area contributed by atoms with Gasteiger partial charge < -0.3 is 10.3 Å². The molecule has 5 heteroatoms. The van der Waals surface area contributed by atoms with Crippen LogP contribution < -0.4 is 5.73 Å². The quantitative estimate of drug-likeness (QED) is 0.797. The first kappa shape index (κ1) is 15.4. The number of nitrogens with zero attached hydrogens (tertiary/aromatic N) is 2. The maximum Gasteiger partial charge on any atom is 0.161 e. The van der Waals surface area contributed by atoms with E-state index in [1.807, 2.05) is 43.3 Å². The fraction of sp³-hybridized carbons (Fsp3) is 0.167. The molecule has 0 atom stereocenters. The summed E-state index contributed by atoms with van der Waals surface area (Å²) in [6.07, 6.45) is 3.75. The molecule has 0 fully saturated rings. The zero-order chi connectivity index (χ0) is 16.4. The highest BCUT2D eigenvalue weighted by Crippen LogP contribution is 2.21. The number of fused-ring (bicyclic) bond motifs is 1. The first-order chi connectivity index (χ1) is 11.1. The minimum Gasteiger partial charge on any atom is -0.329 e. The molecule has 2 aromatic carbocycles. The van der Waals surface area contributed by atoms with Crippen molar-refractivity contribution in [1.29, 1.82) is 0 Å². The van der Waals surface area contributed by atoms with Gasteiger partial charge in [0, 0.05) is 25.2 Å². The number of hydrogen-bond acceptors (Lipinski definition) is 2. The molecular weight excluding hydrogens is 296 g/mol. The zero-order valence-corrected chi connectivity index (χ0v) is 12.8. The second kappa shape index (κ2) is 6.30. The third-order valence-corrected chi connectivity index (χ3v) is 3.67. The SMILES string of the molecule is Cc1ccc(/C=C/c2nc3cc(F)c(F)cc3n2CCN)cc1. The van der Waals surface area contributed by atoms with Crippen molar-refractivity contribution in [3.05, 3.63) is 65.0 Å². The normalized spacial score (nSPS) is 11.7. The van der Waals surface area contributed by atoms with Crippen LogP contribution in [-0.4, -0.2) is 16.1 Å². The molecule has 3 nitrogen and oxygen atoms in total. The molecule has 0 amide bonds. The van der Waals surface area contributed by atoms with Crippen molar-refractivity contribution >= 4 is 23.2 Å². The molecule has 0 unspecified atom stereocenters. The second-order valence-electron chi connectivity index (χ2n) is 5.41. The van der Waals surface area contributed by atoms with Gasteiger partial charge in [-0.1, -0.05) is 35.9 Å². The van der Waals surface area contributed by atoms with Gasteiger partial charge in [0.1, 0.15) is 5.82 Å². The first-order valence-corrected chi connectivity index (χ1v) is 7.38. The summed E-state index contributed by atoms with van der Waals surface area (Å²) in [4.78, 5) is 4.38. The lowest BCUT2D eigenvalue weighted by Gasteiger charge is -2.05. The van der Waals surface area contributed by atoms with Crippen LogP contribution in [0, 0.1) is 18.6 Å². The molecule has 0 aliphatic heterocycles. The number of aromatic nitrogens is 2. The highest BCUT2D eigenvalue weighted by atomic mass is 19.2. The Hall–Kier alpha value is -2.53. The van der Waals surface area contributed by atoms with Crippen LogP contribution in [0.4, 0.5) is 8.78 Å². The molecule has 2 N–H and O–H groups in total. The molecule has 1 heterocycles. The maximum atomic E-state index is 13.5. The van der Waals surface area contributed by atoms with Gasteiger partial charge in [-0.25, -0.2) is 13.8 Å². The molecule has 0 aliphatic carbocycles. The maximum absolute atomic E-state index is 13.5. The van der Waals surface area contributed by atoms with Crippen molar-refractivity contribution in [2.24, 2.45) is 5.73 Å². The zero-order valence-electron chi connectivity index (χ0n) is 12.8. The Morgan fingerprint density at radius 1 is 1.09 bits per heavy atom. The van der Waals surface area contributed by atoms with Crippen molar-refractivity contribution in [3.63, 3.8) is 0 Å². The third-order valence-electron chi connectivity index (χ3n) is 3.67. The Bertz CT molecular complexity index is 864. The fourth-order valence-corrected chi connectivity index (χ4v) is 2.48. The van der Waals surface area contributed by atoms with E-state index in [4.69, 9.17) is 5.73 Å². The van der Waals surface area contributed by atoms with E-state index in [9.17, 15) is 8.78 Å². The molecule has 3 aromatic rings. The lowest BCUT2D eigenvalue weighted by atomic mass is 10.1. The van der Waals surface area contributed by atoms with E-state index in [0.29, 0.717) is 29.9 Å². The standard InChI is InChI=1S/C18H17F2N3/c1-12-2-4-13(5-3-12)6-7-18-22-16-10-14(19)15(20)11-17(16)23(18)9-8-21/h2-7,10-11H,8-9,21H2,1H3/b7-6+. The second-order valence-corrected chi connectivity index (χ2v) is 5.41. The molecule has 0 saturated carbocycles. The minimum absolute atomic E-state index is 0.385. The van der Waals surface area contributed by atoms with Gasteiger partial charge >= 0.3 is 0 Å². The van der Waals surface area contributed by atoms with Crippen LogP contribution in [0.2, 0.25) is 0 Å². The van der Waals surface area contributed by atoms with Gasteiger partial charge in [-0.15, -0.1) is 0 Å². The van der Waals surface area contributed by atoms with Gasteiger partial charge in [0.25, 0.3) is 0 Å². The van der Waals surface area contributed by atoms with E-state index in [1.54, 1.807) is 4.57 Å². The summed E-state index contributed by atoms with van der Waals surface area (Å²) in [6, 6.07) is 10.3. The van der Waals surface area contributed by atoms with Crippen molar-refractivity contribution in [2.45, 2.75) is 13.5 Å². The number of imidazole rings is 1. The van der Waals surface area contributed by atoms with Crippen molar-refractivity contribution in [1.82, 2.24) is 9.55 Å². The van der Waals surface area contributed by atoms with Crippen LogP contribution in [0.15, 0.2) is 36.4 Å². The smallest absolute Gasteiger partial charge is 0.161 e. The van der Waals surface area contributed by atoms with E-state index in [1.165, 1.54) is 5.56 Å². The molecular formula is C18H17F2N3. The molecule has 23 heavy (non-hydrogen) atoms. The number of benzene rings is 2. The van der Waals surface area contributed by atoms with E-state index < -0.39 is 11.6 Å². The van der Waals surface area contributed by atoms with Crippen LogP contribution in [0.5, 0.6) is 0 Å². The number of halogens is 2. The Labute approximate surface area is 133 Å². The fourth-order valence-electron chi connectivity index (χ4n) is 2.48. The molecule has 0 bridgehead atoms. The van der Waals surface area contributed by atoms with E-state index >= 15 is 0 Å². The summed E-state index contributed by atoms with van der Waals surface area (Å²) in [5.74, 6) is -1.16. The highest BCUT2D eigenvalue weighted by Gasteiger charge is 2.12. The van der Waals surface area contributed by atoms with Crippen molar-refractivity contribution in [2.75, 3.05) is 6.54 Å². The molecule has 3 rings (SSSR count). The summed E-state index contributed by atoms with van der Waals surface area (Å²) in [5.41, 5.74) is 8.80. The summed E-state index contributed by atoms with van der Waals surface area (Å²) in [5, 5.41) is 0. The Balaban J connectivity index is 2.05. The van der Waals surface area contributed by atoms with Gasteiger partial charge in [0.05, 0.1) is 11.0 Å². The average Bonchev–Trinajstić information content (AvgIpc) is 2.85. The Kier molecular flexibility index (Phi) is 4.21. The van der Waals surface area contributed by atoms with Crippen LogP contribution in [0.1, 0.15) is 17.0 Å². The van der Waals surface area contributed by atoms with Crippen LogP contribution >= 0.6 is 0 Å². The van der Waals surface area contributed by atoms with Crippen LogP contribution in [0.3, 0.4) is 0 Å². The predicted molar refractivity (Wildman–Crippen MR) is 88.8 cm³/mol. The predicted octanol–water partition coefficient (Wildman–Crippen LogP) is 3.75. The van der Waals surface area contributed by atoms with Crippen molar-refractivity contribution < 1.29 is 8.78 Å². The van der Waals surface area contributed by atoms with E-state index in [0.717, 1.165) is 17.7 Å². The van der Waals surface area contributed by atoms with Gasteiger partial charge in [-0.2, -0.15) is 0 Å². The highest BCUT2D eigenvalue weighted by molar-refractivity contribution is 5.80. The molecule has 1 aromatic heterocycles. The third kappa shape index (κ3) is 3.14. The lowest BCUT2D eigenvalue weighted by Crippen LogP contribution is -2.11. The summed E-state index contributed by atoms with van der Waals surface area (Å²) in [6.45, 7) is 2.89. The van der Waals surface area contributed by atoms with Gasteiger partial charge in [-0.3, -0.25) is 0 Å². The van der Waals surface area contributed by atoms with Gasteiger partial charge in [-0.05, 0) is 18.6 Å². The van der Waals surface area contributed by atoms with Crippen LogP contribution in [0.25, 0.3) is 23.2 Å². The van der Waals surface area contributed by atoms with E-state index in [-0.39, 0.29) is 0 Å². The number of rotatable bonds is 4. The molecule has 118 valence electrons. The van der Waals surface area contributed by atoms with Gasteiger partial charge in [0.15, 0.2) is 11.6 Å². The van der Waals surface area contributed by atoms with Crippen LogP contribution in [-0.2, 0) is 6.54 Å². The summed E-state index contributed by atoms with van der Waals surface area (Å²) in [7, 11) is 0. The molecule has 0 aliphatic rings. The Morgan fingerprint density at radius 2 is 1.78 bits per heavy atom. The molecule has 0 radical (unpaired) electrons. The number of hydrogen-bond donors (Lipinski definition) is 1. The molecule has 0 saturated heterocycles. The topological polar surface area (TPSA) is 43.8 Å². The van der Waals surface area contributed by atoms with Crippen molar-refractivity contribution in [3.8, 4) is 0 Å². The largest absolute Gasteiger partial charge is 0.329 e. The van der Waals surface area contributed by atoms with Gasteiger partial charge in [0.2, 0.25) is 0 Å². The lowest BCUT2D eigenvalue weighted by molar-refractivity contribution is 0.510. The summed E-state index contributed by atoms with van der Waals surface area (Å²) < 4.78 is 28.7. The first-order valence-electron chi connectivity index (χ1n) is 7.38. The Morgan fingerprint density at radius 3 is 2.48 bits per heavy atom. The average molecular weight is 313 g/mol. The van der Waals surface area contributed by atoms with E-state index in [2.05, 4.69) is 4.98 Å². The molecule has 0 spiro atoms. The summed E-state index contributed by atoms with van der Waals surface area (Å²) >= 11 is 0. The number of aryl methyl sites for hydroxylation is 1. The monoisotopic (exact) mass is 313 g/mol. The minimum atomic E-state index is -0.899.